The van der Waals surface area contributed by atoms with E-state index in [1.807, 2.05) is 0 Å². The second-order valence-electron chi connectivity index (χ2n) is 5.74. The Balaban J connectivity index is 1.91. The van der Waals surface area contributed by atoms with E-state index in [0.29, 0.717) is 0 Å². The lowest BCUT2D eigenvalue weighted by atomic mass is 9.77. The summed E-state index contributed by atoms with van der Waals surface area (Å²) in [5.74, 6) is 0.724. The lowest BCUT2D eigenvalue weighted by molar-refractivity contribution is 0.168. The molecule has 3 nitrogen and oxygen atoms in total. The summed E-state index contributed by atoms with van der Waals surface area (Å²) in [7, 11) is 2.22. The Hall–Kier alpha value is -1.06. The van der Waals surface area contributed by atoms with Gasteiger partial charge in [-0.05, 0) is 37.4 Å². The number of nitrogens with zero attached hydrogens (tertiary/aromatic N) is 2. The molecule has 3 unspecified atom stereocenters. The molecule has 18 heavy (non-hydrogen) atoms. The maximum absolute atomic E-state index is 6.20. The van der Waals surface area contributed by atoms with E-state index in [-0.39, 0.29) is 5.54 Å². The minimum Gasteiger partial charge on any atom is -0.367 e. The molecule has 0 radical (unpaired) electrons. The van der Waals surface area contributed by atoms with Crippen molar-refractivity contribution in [3.8, 4) is 0 Å². The summed E-state index contributed by atoms with van der Waals surface area (Å²) in [6.45, 7) is 4.45. The van der Waals surface area contributed by atoms with E-state index in [4.69, 9.17) is 5.73 Å². The van der Waals surface area contributed by atoms with Crippen LogP contribution >= 0.6 is 0 Å². The topological polar surface area (TPSA) is 32.5 Å². The fourth-order valence-electron chi connectivity index (χ4n) is 3.79. The molecule has 1 aromatic rings. The predicted molar refractivity (Wildman–Crippen MR) is 75.8 cm³/mol. The zero-order valence-electron chi connectivity index (χ0n) is 11.2. The summed E-state index contributed by atoms with van der Waals surface area (Å²) >= 11 is 0. The number of benzene rings is 1. The minimum absolute atomic E-state index is 0.161. The number of likely N-dealkylation sites (N-methyl/N-ethyl adjacent to an activating group) is 1. The molecule has 0 aliphatic carbocycles. The SMILES string of the molecule is CN(c1ccccc1)C1(CN)CCN2CCC1C2. The molecule has 0 aromatic heterocycles. The monoisotopic (exact) mass is 245 g/mol. The van der Waals surface area contributed by atoms with Gasteiger partial charge in [-0.25, -0.2) is 0 Å². The molecule has 3 heteroatoms. The van der Waals surface area contributed by atoms with E-state index >= 15 is 0 Å². The van der Waals surface area contributed by atoms with Crippen molar-refractivity contribution in [3.05, 3.63) is 30.3 Å². The van der Waals surface area contributed by atoms with Crippen molar-refractivity contribution >= 4 is 5.69 Å². The minimum atomic E-state index is 0.161. The lowest BCUT2D eigenvalue weighted by Crippen LogP contribution is -2.61. The fourth-order valence-corrected chi connectivity index (χ4v) is 3.79. The van der Waals surface area contributed by atoms with Crippen LogP contribution in [-0.4, -0.2) is 43.7 Å². The standard InChI is InChI=1S/C15H23N3/c1-17(14-5-3-2-4-6-14)15(12-16)8-10-18-9-7-13(15)11-18/h2-6,13H,7-12,16H2,1H3. The van der Waals surface area contributed by atoms with Gasteiger partial charge in [0.05, 0.1) is 5.54 Å². The van der Waals surface area contributed by atoms with Gasteiger partial charge in [0.1, 0.15) is 0 Å². The van der Waals surface area contributed by atoms with Crippen LogP contribution in [0, 0.1) is 5.92 Å². The van der Waals surface area contributed by atoms with Gasteiger partial charge in [0.15, 0.2) is 0 Å². The molecule has 0 amide bonds. The van der Waals surface area contributed by atoms with Crippen molar-refractivity contribution in [2.75, 3.05) is 38.1 Å². The van der Waals surface area contributed by atoms with E-state index in [9.17, 15) is 0 Å². The van der Waals surface area contributed by atoms with Crippen LogP contribution in [0.4, 0.5) is 5.69 Å². The Kier molecular flexibility index (Phi) is 3.04. The van der Waals surface area contributed by atoms with Gasteiger partial charge in [-0.2, -0.15) is 0 Å². The number of rotatable bonds is 3. The van der Waals surface area contributed by atoms with Gasteiger partial charge in [-0.1, -0.05) is 18.2 Å². The molecule has 2 N–H and O–H groups in total. The number of anilines is 1. The van der Waals surface area contributed by atoms with Crippen molar-refractivity contribution < 1.29 is 0 Å². The van der Waals surface area contributed by atoms with Gasteiger partial charge in [-0.15, -0.1) is 0 Å². The molecule has 2 aliphatic heterocycles. The molecule has 2 fully saturated rings. The van der Waals surface area contributed by atoms with E-state index in [0.717, 1.165) is 12.5 Å². The van der Waals surface area contributed by atoms with Crippen molar-refractivity contribution in [2.45, 2.75) is 18.4 Å². The predicted octanol–water partition coefficient (Wildman–Crippen LogP) is 1.55. The average molecular weight is 245 g/mol. The molecule has 1 aromatic carbocycles. The van der Waals surface area contributed by atoms with Crippen LogP contribution in [0.2, 0.25) is 0 Å². The zero-order valence-corrected chi connectivity index (χ0v) is 11.2. The van der Waals surface area contributed by atoms with Crippen molar-refractivity contribution in [2.24, 2.45) is 11.7 Å². The smallest absolute Gasteiger partial charge is 0.0573 e. The molecular formula is C15H23N3. The van der Waals surface area contributed by atoms with E-state index in [1.54, 1.807) is 0 Å². The Morgan fingerprint density at radius 2 is 2.11 bits per heavy atom. The van der Waals surface area contributed by atoms with Gasteiger partial charge < -0.3 is 15.5 Å². The molecule has 3 rings (SSSR count). The summed E-state index contributed by atoms with van der Waals surface area (Å²) in [6, 6.07) is 10.7. The second-order valence-corrected chi connectivity index (χ2v) is 5.74. The van der Waals surface area contributed by atoms with Crippen LogP contribution in [0.3, 0.4) is 0 Å². The van der Waals surface area contributed by atoms with E-state index < -0.39 is 0 Å². The highest BCUT2D eigenvalue weighted by Gasteiger charge is 2.47. The van der Waals surface area contributed by atoms with Gasteiger partial charge in [0.2, 0.25) is 0 Å². The highest BCUT2D eigenvalue weighted by atomic mass is 15.3. The first-order valence-electron chi connectivity index (χ1n) is 6.97. The number of piperidine rings is 1. The Morgan fingerprint density at radius 3 is 2.83 bits per heavy atom. The molecule has 2 bridgehead atoms. The number of hydrogen-bond donors (Lipinski definition) is 1. The highest BCUT2D eigenvalue weighted by Crippen LogP contribution is 2.40. The van der Waals surface area contributed by atoms with Crippen molar-refractivity contribution in [3.63, 3.8) is 0 Å². The average Bonchev–Trinajstić information content (AvgIpc) is 2.84. The van der Waals surface area contributed by atoms with E-state index in [1.165, 1.54) is 38.2 Å². The van der Waals surface area contributed by atoms with Crippen LogP contribution < -0.4 is 10.6 Å². The number of hydrogen-bond acceptors (Lipinski definition) is 3. The third-order valence-corrected chi connectivity index (χ3v) is 5.06. The quantitative estimate of drug-likeness (QED) is 0.877. The Bertz CT molecular complexity index is 405. The maximum Gasteiger partial charge on any atom is 0.0573 e. The zero-order chi connectivity index (χ0) is 12.6. The van der Waals surface area contributed by atoms with Gasteiger partial charge in [0.25, 0.3) is 0 Å². The van der Waals surface area contributed by atoms with Gasteiger partial charge in [-0.3, -0.25) is 0 Å². The van der Waals surface area contributed by atoms with Crippen LogP contribution in [0.1, 0.15) is 12.8 Å². The molecule has 98 valence electrons. The second kappa shape index (κ2) is 4.56. The van der Waals surface area contributed by atoms with Gasteiger partial charge >= 0.3 is 0 Å². The summed E-state index contributed by atoms with van der Waals surface area (Å²) in [5, 5.41) is 0. The first-order chi connectivity index (χ1) is 8.76. The number of nitrogens with two attached hydrogens (primary N) is 1. The summed E-state index contributed by atoms with van der Waals surface area (Å²) in [6.07, 6.45) is 2.49. The first-order valence-corrected chi connectivity index (χ1v) is 6.97. The first kappa shape index (κ1) is 12.0. The van der Waals surface area contributed by atoms with Crippen molar-refractivity contribution in [1.82, 2.24) is 4.90 Å². The normalized spacial score (nSPS) is 34.6. The summed E-state index contributed by atoms with van der Waals surface area (Å²) in [5.41, 5.74) is 7.66. The third-order valence-electron chi connectivity index (χ3n) is 5.06. The number of fused-ring (bicyclic) bond motifs is 2. The van der Waals surface area contributed by atoms with E-state index in [2.05, 4.69) is 47.2 Å². The number of para-hydroxylation sites is 1. The molecule has 2 saturated heterocycles. The maximum atomic E-state index is 6.20. The largest absolute Gasteiger partial charge is 0.367 e. The molecule has 3 atom stereocenters. The lowest BCUT2D eigenvalue weighted by Gasteiger charge is -2.49. The summed E-state index contributed by atoms with van der Waals surface area (Å²) < 4.78 is 0. The fraction of sp³-hybridized carbons (Fsp3) is 0.600. The van der Waals surface area contributed by atoms with Crippen LogP contribution in [0.15, 0.2) is 30.3 Å². The molecule has 2 aliphatic rings. The van der Waals surface area contributed by atoms with Crippen molar-refractivity contribution in [1.29, 1.82) is 0 Å². The molecule has 0 spiro atoms. The van der Waals surface area contributed by atoms with Gasteiger partial charge in [0, 0.05) is 32.4 Å². The molecule has 2 heterocycles. The third kappa shape index (κ3) is 1.73. The molecular weight excluding hydrogens is 222 g/mol. The molecule has 0 saturated carbocycles. The summed E-state index contributed by atoms with van der Waals surface area (Å²) in [4.78, 5) is 5.03. The van der Waals surface area contributed by atoms with Crippen LogP contribution in [0.25, 0.3) is 0 Å². The van der Waals surface area contributed by atoms with Crippen LogP contribution in [0.5, 0.6) is 0 Å². The Morgan fingerprint density at radius 1 is 1.33 bits per heavy atom. The van der Waals surface area contributed by atoms with Crippen LogP contribution in [-0.2, 0) is 0 Å². The Labute approximate surface area is 110 Å². The highest BCUT2D eigenvalue weighted by molar-refractivity contribution is 5.49.